The third-order valence-electron chi connectivity index (χ3n) is 3.10. The highest BCUT2D eigenvalue weighted by Crippen LogP contribution is 2.28. The molecular formula is C18H20O4. The lowest BCUT2D eigenvalue weighted by Crippen LogP contribution is -2.34. The highest BCUT2D eigenvalue weighted by Gasteiger charge is 2.33. The van der Waals surface area contributed by atoms with Crippen LogP contribution < -0.4 is 4.74 Å². The van der Waals surface area contributed by atoms with Crippen LogP contribution in [0.5, 0.6) is 5.75 Å². The number of carbonyl (C=O) groups excluding carboxylic acids is 1. The van der Waals surface area contributed by atoms with Crippen molar-refractivity contribution < 1.29 is 19.0 Å². The molecule has 0 aliphatic rings. The summed E-state index contributed by atoms with van der Waals surface area (Å²) < 4.78 is 16.4. The average molecular weight is 300 g/mol. The monoisotopic (exact) mass is 300 g/mol. The lowest BCUT2D eigenvalue weighted by molar-refractivity contribution is -0.205. The molecule has 2 aromatic rings. The van der Waals surface area contributed by atoms with Gasteiger partial charge in [0.25, 0.3) is 0 Å². The van der Waals surface area contributed by atoms with Gasteiger partial charge in [-0.2, -0.15) is 0 Å². The summed E-state index contributed by atoms with van der Waals surface area (Å²) in [6.07, 6.45) is 0.0214. The molecule has 4 nitrogen and oxygen atoms in total. The summed E-state index contributed by atoms with van der Waals surface area (Å²) in [5.41, 5.74) is 0.758. The summed E-state index contributed by atoms with van der Waals surface area (Å²) >= 11 is 0. The zero-order valence-corrected chi connectivity index (χ0v) is 12.8. The summed E-state index contributed by atoms with van der Waals surface area (Å²) in [5, 5.41) is 0. The molecule has 2 rings (SSSR count). The molecule has 0 saturated heterocycles. The van der Waals surface area contributed by atoms with Gasteiger partial charge >= 0.3 is 6.16 Å². The van der Waals surface area contributed by atoms with Crippen LogP contribution in [0.3, 0.4) is 0 Å². The number of hydrogen-bond donors (Lipinski definition) is 0. The van der Waals surface area contributed by atoms with Gasteiger partial charge in [0, 0.05) is 12.5 Å². The molecule has 2 aromatic carbocycles. The Morgan fingerprint density at radius 3 is 2.18 bits per heavy atom. The predicted molar refractivity (Wildman–Crippen MR) is 83.6 cm³/mol. The Labute approximate surface area is 130 Å². The smallest absolute Gasteiger partial charge is 0.397 e. The molecule has 4 heteroatoms. The van der Waals surface area contributed by atoms with Crippen LogP contribution in [0.4, 0.5) is 4.79 Å². The lowest BCUT2D eigenvalue weighted by Gasteiger charge is -2.29. The third-order valence-corrected chi connectivity index (χ3v) is 3.10. The van der Waals surface area contributed by atoms with Gasteiger partial charge in [-0.05, 0) is 18.6 Å². The van der Waals surface area contributed by atoms with Gasteiger partial charge in [-0.1, -0.05) is 55.5 Å². The molecule has 0 N–H and O–H groups in total. The molecule has 116 valence electrons. The molecule has 22 heavy (non-hydrogen) atoms. The first-order chi connectivity index (χ1) is 10.6. The molecule has 0 bridgehead atoms. The van der Waals surface area contributed by atoms with Crippen molar-refractivity contribution in [1.29, 1.82) is 0 Å². The van der Waals surface area contributed by atoms with E-state index in [0.29, 0.717) is 12.4 Å². The molecule has 0 aliphatic carbocycles. The minimum atomic E-state index is -1.18. The Bertz CT molecular complexity index is 583. The minimum Gasteiger partial charge on any atom is -0.397 e. The Morgan fingerprint density at radius 1 is 1.00 bits per heavy atom. The van der Waals surface area contributed by atoms with Crippen LogP contribution in [0.25, 0.3) is 0 Å². The van der Waals surface area contributed by atoms with E-state index in [0.717, 1.165) is 12.0 Å². The standard InChI is InChI=1S/C18H20O4/c1-3-14-20-18(2,15-10-6-4-7-11-15)22-17(19)21-16-12-8-5-9-13-16/h4-13H,3,14H2,1-2H3. The largest absolute Gasteiger partial charge is 0.516 e. The maximum absolute atomic E-state index is 12.0. The van der Waals surface area contributed by atoms with E-state index in [2.05, 4.69) is 0 Å². The van der Waals surface area contributed by atoms with Crippen LogP contribution in [0.15, 0.2) is 60.7 Å². The summed E-state index contributed by atoms with van der Waals surface area (Å²) in [6.45, 7) is 4.18. The molecule has 0 fully saturated rings. The molecule has 0 spiro atoms. The number of carbonyl (C=O) groups is 1. The number of para-hydroxylation sites is 1. The van der Waals surface area contributed by atoms with Crippen molar-refractivity contribution in [2.75, 3.05) is 6.61 Å². The van der Waals surface area contributed by atoms with Gasteiger partial charge in [0.1, 0.15) is 5.75 Å². The summed E-state index contributed by atoms with van der Waals surface area (Å²) in [6, 6.07) is 18.1. The van der Waals surface area contributed by atoms with Gasteiger partial charge in [0.15, 0.2) is 0 Å². The quantitative estimate of drug-likeness (QED) is 0.447. The number of hydrogen-bond acceptors (Lipinski definition) is 4. The fourth-order valence-electron chi connectivity index (χ4n) is 1.97. The third kappa shape index (κ3) is 4.33. The second-order valence-electron chi connectivity index (χ2n) is 4.93. The van der Waals surface area contributed by atoms with E-state index in [4.69, 9.17) is 14.2 Å². The predicted octanol–water partition coefficient (Wildman–Crippen LogP) is 4.50. The fourth-order valence-corrected chi connectivity index (χ4v) is 1.97. The normalized spacial score (nSPS) is 13.2. The van der Waals surface area contributed by atoms with E-state index in [1.165, 1.54) is 0 Å². The van der Waals surface area contributed by atoms with Crippen LogP contribution >= 0.6 is 0 Å². The van der Waals surface area contributed by atoms with Crippen molar-refractivity contribution in [3.63, 3.8) is 0 Å². The van der Waals surface area contributed by atoms with Crippen molar-refractivity contribution in [3.05, 3.63) is 66.2 Å². The molecule has 1 unspecified atom stereocenters. The molecule has 1 atom stereocenters. The van der Waals surface area contributed by atoms with Gasteiger partial charge in [-0.15, -0.1) is 0 Å². The first-order valence-electron chi connectivity index (χ1n) is 7.29. The summed E-state index contributed by atoms with van der Waals surface area (Å²) in [4.78, 5) is 12.0. The van der Waals surface area contributed by atoms with E-state index in [9.17, 15) is 4.79 Å². The van der Waals surface area contributed by atoms with E-state index in [-0.39, 0.29) is 0 Å². The van der Waals surface area contributed by atoms with Crippen LogP contribution in [-0.2, 0) is 15.3 Å². The van der Waals surface area contributed by atoms with Gasteiger partial charge in [-0.3, -0.25) is 0 Å². The maximum Gasteiger partial charge on any atom is 0.516 e. The van der Waals surface area contributed by atoms with Crippen molar-refractivity contribution in [1.82, 2.24) is 0 Å². The molecule has 0 aliphatic heterocycles. The second kappa shape index (κ2) is 7.61. The van der Waals surface area contributed by atoms with Gasteiger partial charge in [-0.25, -0.2) is 4.79 Å². The molecule has 0 saturated carbocycles. The Balaban J connectivity index is 2.11. The van der Waals surface area contributed by atoms with Crippen molar-refractivity contribution >= 4 is 6.16 Å². The first-order valence-corrected chi connectivity index (χ1v) is 7.29. The van der Waals surface area contributed by atoms with E-state index in [1.807, 2.05) is 43.3 Å². The Kier molecular flexibility index (Phi) is 5.55. The highest BCUT2D eigenvalue weighted by molar-refractivity contribution is 5.64. The zero-order valence-electron chi connectivity index (χ0n) is 12.8. The zero-order chi connectivity index (χ0) is 15.8. The van der Waals surface area contributed by atoms with Crippen LogP contribution in [0.1, 0.15) is 25.8 Å². The van der Waals surface area contributed by atoms with Crippen LogP contribution in [0.2, 0.25) is 0 Å². The highest BCUT2D eigenvalue weighted by atomic mass is 16.8. The molecule has 0 heterocycles. The molecule has 0 radical (unpaired) electrons. The summed E-state index contributed by atoms with van der Waals surface area (Å²) in [7, 11) is 0. The number of benzene rings is 2. The van der Waals surface area contributed by atoms with E-state index in [1.54, 1.807) is 31.2 Å². The van der Waals surface area contributed by atoms with E-state index < -0.39 is 11.9 Å². The SMILES string of the molecule is CCCOC(C)(OC(=O)Oc1ccccc1)c1ccccc1. The Hall–Kier alpha value is -2.33. The fraction of sp³-hybridized carbons (Fsp3) is 0.278. The van der Waals surface area contributed by atoms with E-state index >= 15 is 0 Å². The number of rotatable bonds is 6. The van der Waals surface area contributed by atoms with Gasteiger partial charge < -0.3 is 14.2 Å². The van der Waals surface area contributed by atoms with Crippen molar-refractivity contribution in [2.24, 2.45) is 0 Å². The average Bonchev–Trinajstić information content (AvgIpc) is 2.54. The van der Waals surface area contributed by atoms with Gasteiger partial charge in [0.05, 0.1) is 6.61 Å². The maximum atomic E-state index is 12.0. The van der Waals surface area contributed by atoms with Crippen LogP contribution in [-0.4, -0.2) is 12.8 Å². The molecule has 0 amide bonds. The Morgan fingerprint density at radius 2 is 1.59 bits per heavy atom. The van der Waals surface area contributed by atoms with Crippen molar-refractivity contribution in [2.45, 2.75) is 26.1 Å². The molecular weight excluding hydrogens is 280 g/mol. The lowest BCUT2D eigenvalue weighted by atomic mass is 10.1. The first kappa shape index (κ1) is 16.0. The minimum absolute atomic E-state index is 0.429. The summed E-state index contributed by atoms with van der Waals surface area (Å²) in [5.74, 6) is -0.748. The second-order valence-corrected chi connectivity index (χ2v) is 4.93. The number of ether oxygens (including phenoxy) is 3. The van der Waals surface area contributed by atoms with Crippen molar-refractivity contribution in [3.8, 4) is 5.75 Å². The molecule has 0 aromatic heterocycles. The topological polar surface area (TPSA) is 44.8 Å². The van der Waals surface area contributed by atoms with Crippen LogP contribution in [0, 0.1) is 0 Å². The van der Waals surface area contributed by atoms with Gasteiger partial charge in [0.2, 0.25) is 5.79 Å².